The first-order chi connectivity index (χ1) is 12.6. The number of aromatic amines is 1. The van der Waals surface area contributed by atoms with Crippen molar-refractivity contribution in [3.8, 4) is 11.4 Å². The first kappa shape index (κ1) is 21.6. The van der Waals surface area contributed by atoms with Crippen molar-refractivity contribution >= 4 is 34.3 Å². The van der Waals surface area contributed by atoms with E-state index in [1.165, 1.54) is 55.5 Å². The Labute approximate surface area is 167 Å². The number of aromatic nitrogens is 4. The fraction of sp³-hybridized carbons (Fsp3) is 0.650. The van der Waals surface area contributed by atoms with Gasteiger partial charge in [0.1, 0.15) is 0 Å². The Morgan fingerprint density at radius 3 is 1.96 bits per heavy atom. The molecule has 2 aromatic rings. The van der Waals surface area contributed by atoms with E-state index in [4.69, 9.17) is 17.2 Å². The SMILES string of the molecule is CCC[CH2][Sn]([CH2]CCC)([CH2]CCC)[c]1ccc(-c2n[nH]c(=S)n2C)cn1. The zero-order valence-electron chi connectivity index (χ0n) is 16.8. The Hall–Kier alpha value is -0.691. The van der Waals surface area contributed by atoms with Gasteiger partial charge in [-0.3, -0.25) is 0 Å². The summed E-state index contributed by atoms with van der Waals surface area (Å²) in [4.78, 5) is 5.03. The molecule has 2 aromatic heterocycles. The van der Waals surface area contributed by atoms with Gasteiger partial charge in [0.05, 0.1) is 0 Å². The van der Waals surface area contributed by atoms with Gasteiger partial charge in [-0.1, -0.05) is 0 Å². The molecular weight excluding hydrogens is 447 g/mol. The van der Waals surface area contributed by atoms with Gasteiger partial charge < -0.3 is 0 Å². The molecule has 0 unspecified atom stereocenters. The third-order valence-electron chi connectivity index (χ3n) is 5.47. The molecule has 2 heterocycles. The minimum atomic E-state index is -2.43. The van der Waals surface area contributed by atoms with Gasteiger partial charge in [0.2, 0.25) is 0 Å². The zero-order valence-corrected chi connectivity index (χ0v) is 20.5. The number of pyridine rings is 1. The number of hydrogen-bond acceptors (Lipinski definition) is 3. The topological polar surface area (TPSA) is 46.5 Å². The van der Waals surface area contributed by atoms with Crippen molar-refractivity contribution in [3.05, 3.63) is 23.1 Å². The van der Waals surface area contributed by atoms with Gasteiger partial charge in [0, 0.05) is 0 Å². The Kier molecular flexibility index (Phi) is 8.80. The maximum absolute atomic E-state index is 5.24. The number of nitrogens with one attached hydrogen (secondary N) is 1. The average molecular weight is 481 g/mol. The average Bonchev–Trinajstić information content (AvgIpc) is 3.00. The van der Waals surface area contributed by atoms with Crippen LogP contribution < -0.4 is 3.71 Å². The fourth-order valence-corrected chi connectivity index (χ4v) is 19.3. The zero-order chi connectivity index (χ0) is 19.0. The second-order valence-electron chi connectivity index (χ2n) is 7.43. The molecule has 0 bridgehead atoms. The monoisotopic (exact) mass is 482 g/mol. The van der Waals surface area contributed by atoms with Gasteiger partial charge in [-0.2, -0.15) is 0 Å². The van der Waals surface area contributed by atoms with E-state index in [1.807, 2.05) is 17.8 Å². The van der Waals surface area contributed by atoms with E-state index in [1.54, 1.807) is 0 Å². The van der Waals surface area contributed by atoms with E-state index < -0.39 is 18.4 Å². The van der Waals surface area contributed by atoms with Crippen LogP contribution in [0.2, 0.25) is 13.3 Å². The van der Waals surface area contributed by atoms with Crippen LogP contribution in [0.25, 0.3) is 11.4 Å². The van der Waals surface area contributed by atoms with Crippen LogP contribution in [0.5, 0.6) is 0 Å². The number of H-pyrrole nitrogens is 1. The second-order valence-corrected chi connectivity index (χ2v) is 20.9. The molecule has 144 valence electrons. The Morgan fingerprint density at radius 2 is 1.58 bits per heavy atom. The van der Waals surface area contributed by atoms with Crippen LogP contribution in [0.15, 0.2) is 18.3 Å². The van der Waals surface area contributed by atoms with Crippen LogP contribution in [0.4, 0.5) is 0 Å². The molecule has 0 aliphatic heterocycles. The van der Waals surface area contributed by atoms with Crippen molar-refractivity contribution in [3.63, 3.8) is 0 Å². The number of rotatable bonds is 11. The Bertz CT molecular complexity index is 698. The standard InChI is InChI=1S/C8H7N4S.3C4H9.Sn/c1-12-7(10-11-8(12)13)6-3-2-4-9-5-6;3*1-3-4-2;/h2-3,5H,1H3,(H,11,13);3*1,3-4H2,2H3;. The summed E-state index contributed by atoms with van der Waals surface area (Å²) < 4.78 is 8.37. The predicted molar refractivity (Wildman–Crippen MR) is 116 cm³/mol. The van der Waals surface area contributed by atoms with Gasteiger partial charge in [0.25, 0.3) is 0 Å². The van der Waals surface area contributed by atoms with E-state index in [0.717, 1.165) is 11.4 Å². The molecule has 0 spiro atoms. The van der Waals surface area contributed by atoms with Gasteiger partial charge in [-0.15, -0.1) is 0 Å². The third kappa shape index (κ3) is 5.18. The van der Waals surface area contributed by atoms with Crippen LogP contribution in [0.1, 0.15) is 59.3 Å². The van der Waals surface area contributed by atoms with Gasteiger partial charge >= 0.3 is 168 Å². The molecule has 0 radical (unpaired) electrons. The van der Waals surface area contributed by atoms with Crippen molar-refractivity contribution in [2.45, 2.75) is 72.6 Å². The van der Waals surface area contributed by atoms with Crippen LogP contribution in [0, 0.1) is 4.77 Å². The second kappa shape index (κ2) is 10.6. The van der Waals surface area contributed by atoms with E-state index >= 15 is 0 Å². The van der Waals surface area contributed by atoms with Crippen molar-refractivity contribution in [2.75, 3.05) is 0 Å². The fourth-order valence-electron chi connectivity index (χ4n) is 3.75. The molecular formula is C20H34N4SSn. The molecule has 1 N–H and O–H groups in total. The molecule has 0 fully saturated rings. The normalized spacial score (nSPS) is 11.8. The van der Waals surface area contributed by atoms with Gasteiger partial charge in [-0.05, 0) is 0 Å². The summed E-state index contributed by atoms with van der Waals surface area (Å²) >= 11 is 2.81. The van der Waals surface area contributed by atoms with E-state index in [9.17, 15) is 0 Å². The van der Waals surface area contributed by atoms with Crippen LogP contribution in [0.3, 0.4) is 0 Å². The summed E-state index contributed by atoms with van der Waals surface area (Å²) in [6, 6.07) is 4.53. The van der Waals surface area contributed by atoms with Crippen LogP contribution in [-0.2, 0) is 7.05 Å². The van der Waals surface area contributed by atoms with E-state index in [-0.39, 0.29) is 0 Å². The molecule has 0 aromatic carbocycles. The molecule has 4 nitrogen and oxygen atoms in total. The summed E-state index contributed by atoms with van der Waals surface area (Å²) in [6.07, 6.45) is 9.98. The first-order valence-electron chi connectivity index (χ1n) is 10.2. The quantitative estimate of drug-likeness (QED) is 0.336. The molecule has 26 heavy (non-hydrogen) atoms. The molecule has 0 aliphatic rings. The molecule has 2 rings (SSSR count). The number of nitrogens with zero attached hydrogens (tertiary/aromatic N) is 3. The summed E-state index contributed by atoms with van der Waals surface area (Å²) in [5.41, 5.74) is 1.05. The van der Waals surface area contributed by atoms with E-state index in [0.29, 0.717) is 4.77 Å². The summed E-state index contributed by atoms with van der Waals surface area (Å²) in [5, 5.41) is 7.21. The van der Waals surface area contributed by atoms with Crippen molar-refractivity contribution < 1.29 is 0 Å². The summed E-state index contributed by atoms with van der Waals surface area (Å²) in [6.45, 7) is 6.95. The van der Waals surface area contributed by atoms with Crippen LogP contribution in [-0.4, -0.2) is 38.1 Å². The minimum absolute atomic E-state index is 0.645. The maximum atomic E-state index is 5.24. The van der Waals surface area contributed by atoms with Crippen molar-refractivity contribution in [1.29, 1.82) is 0 Å². The Balaban J connectivity index is 2.35. The molecule has 0 atom stereocenters. The Morgan fingerprint density at radius 1 is 1.00 bits per heavy atom. The van der Waals surface area contributed by atoms with Crippen LogP contribution >= 0.6 is 12.2 Å². The summed E-state index contributed by atoms with van der Waals surface area (Å²) in [7, 11) is 1.95. The molecule has 0 aliphatic carbocycles. The molecule has 0 amide bonds. The van der Waals surface area contributed by atoms with Crippen molar-refractivity contribution in [1.82, 2.24) is 19.7 Å². The number of hydrogen-bond donors (Lipinski definition) is 1. The summed E-state index contributed by atoms with van der Waals surface area (Å²) in [5.74, 6) is 0.866. The first-order valence-corrected chi connectivity index (χ1v) is 18.0. The van der Waals surface area contributed by atoms with Gasteiger partial charge in [0.15, 0.2) is 0 Å². The predicted octanol–water partition coefficient (Wildman–Crippen LogP) is 5.60. The third-order valence-corrected chi connectivity index (χ3v) is 21.0. The van der Waals surface area contributed by atoms with E-state index in [2.05, 4.69) is 43.1 Å². The molecule has 0 saturated heterocycles. The van der Waals surface area contributed by atoms with Crippen molar-refractivity contribution in [2.24, 2.45) is 7.05 Å². The van der Waals surface area contributed by atoms with Gasteiger partial charge in [-0.25, -0.2) is 0 Å². The molecule has 6 heteroatoms. The number of unbranched alkanes of at least 4 members (excludes halogenated alkanes) is 3. The molecule has 0 saturated carbocycles.